The fourth-order valence-corrected chi connectivity index (χ4v) is 7.46. The number of hydrogen-bond acceptors (Lipinski definition) is 8. The number of piperidine rings is 1. The van der Waals surface area contributed by atoms with Crippen LogP contribution in [0.2, 0.25) is 30.7 Å². The molecular formula is C31H43ClN8O3Si. The van der Waals surface area contributed by atoms with E-state index in [9.17, 15) is 4.79 Å². The summed E-state index contributed by atoms with van der Waals surface area (Å²) >= 11 is 6.91. The van der Waals surface area contributed by atoms with Crippen LogP contribution in [0.4, 0.5) is 10.6 Å². The number of benzene rings is 1. The predicted molar refractivity (Wildman–Crippen MR) is 176 cm³/mol. The summed E-state index contributed by atoms with van der Waals surface area (Å²) in [6, 6.07) is 5.61. The van der Waals surface area contributed by atoms with E-state index in [2.05, 4.69) is 40.1 Å². The monoisotopic (exact) mass is 638 g/mol. The van der Waals surface area contributed by atoms with Crippen LogP contribution in [0.3, 0.4) is 0 Å². The van der Waals surface area contributed by atoms with Gasteiger partial charge < -0.3 is 24.3 Å². The van der Waals surface area contributed by atoms with Crippen molar-refractivity contribution in [2.75, 3.05) is 11.5 Å². The molecule has 0 radical (unpaired) electrons. The molecule has 3 aromatic heterocycles. The van der Waals surface area contributed by atoms with Crippen LogP contribution in [0.25, 0.3) is 33.3 Å². The van der Waals surface area contributed by atoms with Crippen LogP contribution in [0, 0.1) is 0 Å². The summed E-state index contributed by atoms with van der Waals surface area (Å²) in [6.07, 6.45) is 7.36. The largest absolute Gasteiger partial charge is 0.444 e. The highest BCUT2D eigenvalue weighted by atomic mass is 35.5. The summed E-state index contributed by atoms with van der Waals surface area (Å²) < 4.78 is 13.7. The van der Waals surface area contributed by atoms with Gasteiger partial charge in [-0.2, -0.15) is 15.0 Å². The second-order valence-corrected chi connectivity index (χ2v) is 20.4. The molecule has 2 aliphatic heterocycles. The second kappa shape index (κ2) is 11.6. The van der Waals surface area contributed by atoms with Crippen molar-refractivity contribution in [3.63, 3.8) is 0 Å². The van der Waals surface area contributed by atoms with Crippen LogP contribution in [0.5, 0.6) is 0 Å². The molecule has 2 saturated heterocycles. The Kier molecular flexibility index (Phi) is 8.12. The number of aromatic nitrogens is 6. The van der Waals surface area contributed by atoms with Crippen molar-refractivity contribution in [1.82, 2.24) is 34.8 Å². The molecule has 1 amide bonds. The number of carbonyl (C=O) groups is 1. The number of amides is 1. The van der Waals surface area contributed by atoms with E-state index in [0.717, 1.165) is 65.4 Å². The van der Waals surface area contributed by atoms with Gasteiger partial charge in [0.2, 0.25) is 0 Å². The van der Waals surface area contributed by atoms with Crippen LogP contribution in [0.15, 0.2) is 24.5 Å². The minimum absolute atomic E-state index is 0.0728. The number of aryl methyl sites for hydroxylation is 1. The van der Waals surface area contributed by atoms with E-state index in [1.54, 1.807) is 7.05 Å². The zero-order valence-corrected chi connectivity index (χ0v) is 28.5. The van der Waals surface area contributed by atoms with Crippen molar-refractivity contribution in [3.8, 4) is 11.1 Å². The van der Waals surface area contributed by atoms with Gasteiger partial charge in [0.1, 0.15) is 34.7 Å². The lowest BCUT2D eigenvalue weighted by Crippen LogP contribution is -2.51. The number of nitrogens with one attached hydrogen (secondary N) is 1. The summed E-state index contributed by atoms with van der Waals surface area (Å²) in [5.41, 5.74) is 4.12. The molecule has 1 N–H and O–H groups in total. The molecule has 236 valence electrons. The Hall–Kier alpha value is -3.22. The van der Waals surface area contributed by atoms with Gasteiger partial charge in [-0.3, -0.25) is 0 Å². The molecule has 2 bridgehead atoms. The van der Waals surface area contributed by atoms with Crippen molar-refractivity contribution < 1.29 is 14.3 Å². The number of carbonyl (C=O) groups excluding carboxylic acids is 1. The maximum absolute atomic E-state index is 12.5. The highest BCUT2D eigenvalue weighted by Crippen LogP contribution is 2.41. The van der Waals surface area contributed by atoms with Crippen LogP contribution < -0.4 is 10.2 Å². The SMILES string of the molecule is Cn1nc2ccc(-c3cn(COCC[Si](C)(C)C)c4nc(N5C6CCC5CC(NC(=O)OC(C)(C)C)C6)cnc34)c(Cl)c2n1. The first-order valence-electron chi connectivity index (χ1n) is 15.5. The van der Waals surface area contributed by atoms with E-state index in [1.165, 1.54) is 4.80 Å². The van der Waals surface area contributed by atoms with Crippen molar-refractivity contribution in [2.45, 2.75) is 103 Å². The average molecular weight is 639 g/mol. The Bertz CT molecular complexity index is 1680. The number of ether oxygens (including phenoxy) is 2. The van der Waals surface area contributed by atoms with Gasteiger partial charge in [-0.25, -0.2) is 14.8 Å². The molecular weight excluding hydrogens is 596 g/mol. The Morgan fingerprint density at radius 1 is 1.09 bits per heavy atom. The first kappa shape index (κ1) is 30.8. The second-order valence-electron chi connectivity index (χ2n) is 14.4. The van der Waals surface area contributed by atoms with Crippen LogP contribution >= 0.6 is 11.6 Å². The zero-order chi connectivity index (χ0) is 31.4. The number of hydrogen-bond donors (Lipinski definition) is 1. The molecule has 0 spiro atoms. The Morgan fingerprint density at radius 3 is 2.50 bits per heavy atom. The zero-order valence-electron chi connectivity index (χ0n) is 26.7. The quantitative estimate of drug-likeness (QED) is 0.175. The topological polar surface area (TPSA) is 112 Å². The molecule has 6 rings (SSSR count). The molecule has 11 nitrogen and oxygen atoms in total. The van der Waals surface area contributed by atoms with Gasteiger partial charge in [-0.1, -0.05) is 37.3 Å². The molecule has 1 aromatic carbocycles. The smallest absolute Gasteiger partial charge is 0.407 e. The fourth-order valence-electron chi connectivity index (χ4n) is 6.40. The van der Waals surface area contributed by atoms with Gasteiger partial charge in [-0.15, -0.1) is 0 Å². The van der Waals surface area contributed by atoms with E-state index in [-0.39, 0.29) is 24.2 Å². The standard InChI is InChI=1S/C31H43ClN8O3Si/c1-31(2,3)43-30(41)34-19-14-20-8-9-21(15-19)40(20)25-16-33-27-23(22-10-11-24-28(26(22)32)37-38(4)36-24)17-39(29(27)35-25)18-42-12-13-44(5,6)7/h10-11,16-17,19-21H,8-9,12-15,18H2,1-7H3,(H,34,41). The van der Waals surface area contributed by atoms with E-state index >= 15 is 0 Å². The summed E-state index contributed by atoms with van der Waals surface area (Å²) in [7, 11) is 0.556. The lowest BCUT2D eigenvalue weighted by molar-refractivity contribution is 0.0492. The molecule has 2 aliphatic rings. The maximum atomic E-state index is 12.5. The van der Waals surface area contributed by atoms with Gasteiger partial charge in [0.05, 0.1) is 11.2 Å². The summed E-state index contributed by atoms with van der Waals surface area (Å²) in [5.74, 6) is 0.851. The van der Waals surface area contributed by atoms with Gasteiger partial charge in [-0.05, 0) is 58.6 Å². The van der Waals surface area contributed by atoms with E-state index < -0.39 is 13.7 Å². The molecule has 4 aromatic rings. The molecule has 2 unspecified atom stereocenters. The first-order valence-corrected chi connectivity index (χ1v) is 19.6. The highest BCUT2D eigenvalue weighted by molar-refractivity contribution is 6.76. The minimum atomic E-state index is -1.23. The third-order valence-corrected chi connectivity index (χ3v) is 10.5. The molecule has 5 heterocycles. The van der Waals surface area contributed by atoms with Crippen molar-refractivity contribution in [2.24, 2.45) is 7.05 Å². The number of rotatable bonds is 8. The van der Waals surface area contributed by atoms with Gasteiger partial charge in [0.25, 0.3) is 0 Å². The average Bonchev–Trinajstić information content (AvgIpc) is 3.56. The summed E-state index contributed by atoms with van der Waals surface area (Å²) in [5, 5.41) is 12.5. The summed E-state index contributed by atoms with van der Waals surface area (Å²) in [4.78, 5) is 26.6. The van der Waals surface area contributed by atoms with Crippen LogP contribution in [-0.2, 0) is 23.3 Å². The number of halogens is 1. The number of fused-ring (bicyclic) bond motifs is 4. The lowest BCUT2D eigenvalue weighted by atomic mass is 9.97. The highest BCUT2D eigenvalue weighted by Gasteiger charge is 2.42. The molecule has 2 fully saturated rings. The third kappa shape index (κ3) is 6.43. The van der Waals surface area contributed by atoms with E-state index in [0.29, 0.717) is 23.9 Å². The Labute approximate surface area is 264 Å². The first-order chi connectivity index (χ1) is 20.8. The van der Waals surface area contributed by atoms with E-state index in [4.69, 9.17) is 31.0 Å². The van der Waals surface area contributed by atoms with Crippen molar-refractivity contribution >= 4 is 53.8 Å². The van der Waals surface area contributed by atoms with Crippen LogP contribution in [-0.4, -0.2) is 74.0 Å². The fraction of sp³-hybridized carbons (Fsp3) is 0.581. The van der Waals surface area contributed by atoms with Gasteiger partial charge >= 0.3 is 6.09 Å². The maximum Gasteiger partial charge on any atom is 0.407 e. The molecule has 0 aliphatic carbocycles. The Morgan fingerprint density at radius 2 is 1.82 bits per heavy atom. The van der Waals surface area contributed by atoms with E-state index in [1.807, 2.05) is 49.9 Å². The van der Waals surface area contributed by atoms with Crippen LogP contribution in [0.1, 0.15) is 46.5 Å². The molecule has 13 heteroatoms. The third-order valence-electron chi connectivity index (χ3n) is 8.38. The molecule has 2 atom stereocenters. The normalized spacial score (nSPS) is 20.5. The minimum Gasteiger partial charge on any atom is -0.444 e. The number of alkyl carbamates (subject to hydrolysis) is 1. The lowest BCUT2D eigenvalue weighted by Gasteiger charge is -2.39. The number of anilines is 1. The van der Waals surface area contributed by atoms with Crippen molar-refractivity contribution in [3.05, 3.63) is 29.5 Å². The van der Waals surface area contributed by atoms with Gasteiger partial charge in [0, 0.05) is 57.2 Å². The molecule has 0 saturated carbocycles. The number of nitrogens with zero attached hydrogens (tertiary/aromatic N) is 7. The summed E-state index contributed by atoms with van der Waals surface area (Å²) in [6.45, 7) is 13.8. The predicted octanol–water partition coefficient (Wildman–Crippen LogP) is 6.37. The Balaban J connectivity index is 1.30. The van der Waals surface area contributed by atoms with Gasteiger partial charge in [0.15, 0.2) is 5.65 Å². The van der Waals surface area contributed by atoms with Crippen molar-refractivity contribution in [1.29, 1.82) is 0 Å². The molecule has 44 heavy (non-hydrogen) atoms.